The Hall–Kier alpha value is -2.50. The number of nitrogens with one attached hydrogen (secondary N) is 1. The van der Waals surface area contributed by atoms with Crippen molar-refractivity contribution in [3.63, 3.8) is 0 Å². The van der Waals surface area contributed by atoms with Crippen molar-refractivity contribution in [3.05, 3.63) is 53.4 Å². The molecule has 0 unspecified atom stereocenters. The minimum Gasteiger partial charge on any atom is -0.497 e. The molecule has 0 saturated heterocycles. The van der Waals surface area contributed by atoms with Crippen molar-refractivity contribution >= 4 is 17.5 Å². The van der Waals surface area contributed by atoms with Gasteiger partial charge in [-0.15, -0.1) is 0 Å². The first-order valence-corrected chi connectivity index (χ1v) is 8.44. The molecule has 0 bridgehead atoms. The molecule has 6 heteroatoms. The standard InChI is InChI=1S/C18H19F3N2O.C2H6/c1-5-15-16(6-2)22-11(3)7-17(15)23-13-8-12(18(19,20)21)9-14(10-13)24-4;1-2/h5,7-10H,1,6H2,2-4H3,(H,22,23);1-2H3. The Morgan fingerprint density at radius 3 is 2.35 bits per heavy atom. The molecule has 142 valence electrons. The Balaban J connectivity index is 0.00000163. The first-order valence-electron chi connectivity index (χ1n) is 8.44. The molecule has 1 aromatic heterocycles. The summed E-state index contributed by atoms with van der Waals surface area (Å²) in [5.41, 5.74) is 2.57. The molecule has 0 spiro atoms. The molecule has 0 aliphatic heterocycles. The number of benzene rings is 1. The van der Waals surface area contributed by atoms with E-state index in [0.717, 1.165) is 29.1 Å². The summed E-state index contributed by atoms with van der Waals surface area (Å²) in [7, 11) is 1.33. The average Bonchev–Trinajstić information content (AvgIpc) is 2.61. The van der Waals surface area contributed by atoms with Gasteiger partial charge in [-0.25, -0.2) is 0 Å². The van der Waals surface area contributed by atoms with Gasteiger partial charge in [0, 0.05) is 34.4 Å². The Kier molecular flexibility index (Phi) is 7.68. The van der Waals surface area contributed by atoms with Crippen LogP contribution in [0.1, 0.15) is 43.3 Å². The SMILES string of the molecule is C=Cc1c(Nc2cc(OC)cc(C(F)(F)F)c2)cc(C)nc1CC.CC. The third-order valence-electron chi connectivity index (χ3n) is 3.55. The van der Waals surface area contributed by atoms with E-state index in [1.54, 1.807) is 12.1 Å². The summed E-state index contributed by atoms with van der Waals surface area (Å²) in [5.74, 6) is 0.133. The van der Waals surface area contributed by atoms with E-state index >= 15 is 0 Å². The van der Waals surface area contributed by atoms with Crippen molar-refractivity contribution in [3.8, 4) is 5.75 Å². The number of nitrogens with zero attached hydrogens (tertiary/aromatic N) is 1. The summed E-state index contributed by atoms with van der Waals surface area (Å²) < 4.78 is 44.1. The van der Waals surface area contributed by atoms with E-state index in [2.05, 4.69) is 16.9 Å². The van der Waals surface area contributed by atoms with Crippen LogP contribution in [0.25, 0.3) is 6.08 Å². The van der Waals surface area contributed by atoms with Gasteiger partial charge in [0.2, 0.25) is 0 Å². The zero-order valence-corrected chi connectivity index (χ0v) is 15.8. The lowest BCUT2D eigenvalue weighted by Crippen LogP contribution is -2.07. The molecule has 3 nitrogen and oxygen atoms in total. The van der Waals surface area contributed by atoms with E-state index in [9.17, 15) is 13.2 Å². The highest BCUT2D eigenvalue weighted by Crippen LogP contribution is 2.35. The molecule has 1 aromatic carbocycles. The highest BCUT2D eigenvalue weighted by Gasteiger charge is 2.31. The van der Waals surface area contributed by atoms with Gasteiger partial charge in [-0.2, -0.15) is 13.2 Å². The second-order valence-corrected chi connectivity index (χ2v) is 5.30. The fraction of sp³-hybridized carbons (Fsp3) is 0.350. The maximum absolute atomic E-state index is 13.0. The number of alkyl halides is 3. The van der Waals surface area contributed by atoms with Gasteiger partial charge in [0.15, 0.2) is 0 Å². The van der Waals surface area contributed by atoms with E-state index in [1.165, 1.54) is 13.2 Å². The number of ether oxygens (including phenoxy) is 1. The monoisotopic (exact) mass is 366 g/mol. The van der Waals surface area contributed by atoms with Crippen LogP contribution in [0.15, 0.2) is 30.8 Å². The Morgan fingerprint density at radius 1 is 1.19 bits per heavy atom. The molecule has 0 atom stereocenters. The zero-order chi connectivity index (χ0) is 19.9. The molecule has 1 heterocycles. The number of hydrogen-bond donors (Lipinski definition) is 1. The Morgan fingerprint density at radius 2 is 1.85 bits per heavy atom. The number of hydrogen-bond acceptors (Lipinski definition) is 3. The predicted octanol–water partition coefficient (Wildman–Crippen LogP) is 6.39. The Labute approximate surface area is 152 Å². The van der Waals surface area contributed by atoms with Crippen LogP contribution in [0.5, 0.6) is 5.75 Å². The molecule has 0 aliphatic carbocycles. The molecule has 0 saturated carbocycles. The number of pyridine rings is 1. The summed E-state index contributed by atoms with van der Waals surface area (Å²) >= 11 is 0. The third kappa shape index (κ3) is 5.25. The van der Waals surface area contributed by atoms with E-state index in [-0.39, 0.29) is 11.4 Å². The van der Waals surface area contributed by atoms with Gasteiger partial charge in [-0.1, -0.05) is 33.4 Å². The molecule has 0 fully saturated rings. The fourth-order valence-corrected chi connectivity index (χ4v) is 2.46. The van der Waals surface area contributed by atoms with Crippen LogP contribution in [-0.4, -0.2) is 12.1 Å². The molecule has 26 heavy (non-hydrogen) atoms. The van der Waals surface area contributed by atoms with Crippen molar-refractivity contribution in [1.82, 2.24) is 4.98 Å². The molecular weight excluding hydrogens is 341 g/mol. The normalized spacial score (nSPS) is 10.6. The van der Waals surface area contributed by atoms with Crippen LogP contribution >= 0.6 is 0 Å². The van der Waals surface area contributed by atoms with Crippen LogP contribution in [-0.2, 0) is 12.6 Å². The number of aromatic nitrogens is 1. The number of anilines is 2. The third-order valence-corrected chi connectivity index (χ3v) is 3.55. The van der Waals surface area contributed by atoms with E-state index in [0.29, 0.717) is 12.1 Å². The minimum absolute atomic E-state index is 0.133. The van der Waals surface area contributed by atoms with Crippen molar-refractivity contribution in [2.24, 2.45) is 0 Å². The lowest BCUT2D eigenvalue weighted by Gasteiger charge is -2.16. The summed E-state index contributed by atoms with van der Waals surface area (Å²) in [6.07, 6.45) is -2.10. The Bertz CT molecular complexity index is 755. The zero-order valence-electron chi connectivity index (χ0n) is 15.8. The lowest BCUT2D eigenvalue weighted by molar-refractivity contribution is -0.137. The molecule has 2 rings (SSSR count). The van der Waals surface area contributed by atoms with Gasteiger partial charge in [-0.05, 0) is 31.5 Å². The van der Waals surface area contributed by atoms with E-state index in [1.807, 2.05) is 27.7 Å². The van der Waals surface area contributed by atoms with Crippen LogP contribution in [0.2, 0.25) is 0 Å². The average molecular weight is 366 g/mol. The van der Waals surface area contributed by atoms with Crippen molar-refractivity contribution in [2.45, 2.75) is 40.3 Å². The minimum atomic E-state index is -4.45. The summed E-state index contributed by atoms with van der Waals surface area (Å²) in [6.45, 7) is 11.6. The molecule has 1 N–H and O–H groups in total. The quantitative estimate of drug-likeness (QED) is 0.665. The summed E-state index contributed by atoms with van der Waals surface area (Å²) in [5, 5.41) is 3.03. The van der Waals surface area contributed by atoms with Gasteiger partial charge < -0.3 is 10.1 Å². The molecule has 2 aromatic rings. The molecule has 0 radical (unpaired) electrons. The maximum Gasteiger partial charge on any atom is 0.416 e. The first-order chi connectivity index (χ1) is 12.3. The van der Waals surface area contributed by atoms with Crippen molar-refractivity contribution in [2.75, 3.05) is 12.4 Å². The van der Waals surface area contributed by atoms with Gasteiger partial charge >= 0.3 is 6.18 Å². The number of methoxy groups -OCH3 is 1. The molecule has 0 aliphatic rings. The smallest absolute Gasteiger partial charge is 0.416 e. The van der Waals surface area contributed by atoms with Gasteiger partial charge in [0.1, 0.15) is 5.75 Å². The topological polar surface area (TPSA) is 34.1 Å². The summed E-state index contributed by atoms with van der Waals surface area (Å²) in [6, 6.07) is 5.32. The van der Waals surface area contributed by atoms with Gasteiger partial charge in [-0.3, -0.25) is 4.98 Å². The second kappa shape index (κ2) is 9.27. The van der Waals surface area contributed by atoms with Gasteiger partial charge in [0.05, 0.1) is 12.7 Å². The maximum atomic E-state index is 13.0. The van der Waals surface area contributed by atoms with Crippen molar-refractivity contribution < 1.29 is 17.9 Å². The highest BCUT2D eigenvalue weighted by atomic mass is 19.4. The van der Waals surface area contributed by atoms with Crippen LogP contribution in [0, 0.1) is 6.92 Å². The van der Waals surface area contributed by atoms with E-state index in [4.69, 9.17) is 4.74 Å². The fourth-order valence-electron chi connectivity index (χ4n) is 2.46. The number of aryl methyl sites for hydroxylation is 2. The van der Waals surface area contributed by atoms with Crippen LogP contribution in [0.4, 0.5) is 24.5 Å². The van der Waals surface area contributed by atoms with Crippen LogP contribution in [0.3, 0.4) is 0 Å². The largest absolute Gasteiger partial charge is 0.497 e. The second-order valence-electron chi connectivity index (χ2n) is 5.30. The molecular formula is C20H25F3N2O. The lowest BCUT2D eigenvalue weighted by atomic mass is 10.1. The van der Waals surface area contributed by atoms with Gasteiger partial charge in [0.25, 0.3) is 0 Å². The molecule has 0 amide bonds. The van der Waals surface area contributed by atoms with Crippen molar-refractivity contribution in [1.29, 1.82) is 0 Å². The number of rotatable bonds is 5. The number of halogens is 3. The highest BCUT2D eigenvalue weighted by molar-refractivity contribution is 5.74. The predicted molar refractivity (Wildman–Crippen MR) is 101 cm³/mol. The van der Waals surface area contributed by atoms with E-state index < -0.39 is 11.7 Å². The van der Waals surface area contributed by atoms with Crippen LogP contribution < -0.4 is 10.1 Å². The first kappa shape index (κ1) is 21.5. The summed E-state index contributed by atoms with van der Waals surface area (Å²) in [4.78, 5) is 4.44.